The highest BCUT2D eigenvalue weighted by atomic mass is 32.2. The van der Waals surface area contributed by atoms with Gasteiger partial charge in [0.15, 0.2) is 5.16 Å². The topological polar surface area (TPSA) is 75.2 Å². The van der Waals surface area contributed by atoms with Crippen molar-refractivity contribution in [2.75, 3.05) is 5.75 Å². The Hall–Kier alpha value is -2.57. The number of carbonyl (C=O) groups excluding carboxylic acids is 1. The third-order valence-corrected chi connectivity index (χ3v) is 7.30. The molecule has 0 saturated carbocycles. The second kappa shape index (κ2) is 9.96. The molecular weight excluding hydrogens is 444 g/mol. The summed E-state index contributed by atoms with van der Waals surface area (Å²) in [6, 6.07) is 17.2. The van der Waals surface area contributed by atoms with Crippen LogP contribution in [0.3, 0.4) is 0 Å². The van der Waals surface area contributed by atoms with Gasteiger partial charge in [0.05, 0.1) is 23.4 Å². The predicted octanol–water partition coefficient (Wildman–Crippen LogP) is 6.54. The number of hydrogen-bond donors (Lipinski definition) is 2. The minimum absolute atomic E-state index is 0.0436. The number of rotatable bonds is 7. The van der Waals surface area contributed by atoms with E-state index in [0.717, 1.165) is 27.7 Å². The predicted molar refractivity (Wildman–Crippen MR) is 138 cm³/mol. The molecule has 1 aromatic heterocycles. The number of carbonyl (C=O) groups is 1. The molecule has 3 aromatic rings. The lowest BCUT2D eigenvalue weighted by atomic mass is 9.93. The first-order valence-corrected chi connectivity index (χ1v) is 12.9. The molecule has 1 aliphatic heterocycles. The maximum absolute atomic E-state index is 11.9. The number of nitrogens with zero attached hydrogens (tertiary/aromatic N) is 1. The molecule has 2 aromatic carbocycles. The second-order valence-electron chi connectivity index (χ2n) is 10.1. The molecule has 0 bridgehead atoms. The molecule has 0 radical (unpaired) electrons. The zero-order valence-electron chi connectivity index (χ0n) is 20.6. The molecule has 0 aliphatic carbocycles. The van der Waals surface area contributed by atoms with Gasteiger partial charge in [-0.2, -0.15) is 0 Å². The van der Waals surface area contributed by atoms with Gasteiger partial charge in [-0.05, 0) is 29.9 Å². The highest BCUT2D eigenvalue weighted by molar-refractivity contribution is 7.99. The van der Waals surface area contributed by atoms with Crippen molar-refractivity contribution in [3.8, 4) is 22.5 Å². The van der Waals surface area contributed by atoms with Gasteiger partial charge in [-0.1, -0.05) is 88.0 Å². The lowest BCUT2D eigenvalue weighted by Crippen LogP contribution is -2.41. The molecule has 6 heteroatoms. The molecule has 2 N–H and O–H groups in total. The monoisotopic (exact) mass is 478 g/mol. The maximum Gasteiger partial charge on any atom is 0.309 e. The zero-order valence-corrected chi connectivity index (χ0v) is 21.4. The van der Waals surface area contributed by atoms with E-state index in [-0.39, 0.29) is 18.5 Å². The van der Waals surface area contributed by atoms with Gasteiger partial charge in [0.2, 0.25) is 0 Å². The smallest absolute Gasteiger partial charge is 0.309 e. The van der Waals surface area contributed by atoms with Crippen molar-refractivity contribution in [1.82, 2.24) is 9.97 Å². The van der Waals surface area contributed by atoms with E-state index in [1.165, 1.54) is 22.9 Å². The SMILES string of the molecule is CC(C)c1ccc(-c2nc(SCC3CC(C)(O)CC(=O)O3)[nH]c2-c2ccc(C(C)C)cc2)cc1. The Morgan fingerprint density at radius 2 is 1.59 bits per heavy atom. The molecule has 5 nitrogen and oxygen atoms in total. The summed E-state index contributed by atoms with van der Waals surface area (Å²) in [5.74, 6) is 1.13. The van der Waals surface area contributed by atoms with Gasteiger partial charge in [0.1, 0.15) is 6.10 Å². The van der Waals surface area contributed by atoms with Gasteiger partial charge in [0.25, 0.3) is 0 Å². The molecule has 180 valence electrons. The number of ether oxygens (including phenoxy) is 1. The quantitative estimate of drug-likeness (QED) is 0.298. The Morgan fingerprint density at radius 1 is 1.03 bits per heavy atom. The van der Waals surface area contributed by atoms with Gasteiger partial charge in [-0.3, -0.25) is 4.79 Å². The fraction of sp³-hybridized carbons (Fsp3) is 0.429. The number of hydrogen-bond acceptors (Lipinski definition) is 5. The Balaban J connectivity index is 1.63. The molecule has 1 aliphatic rings. The number of esters is 1. The standard InChI is InChI=1S/C28H34N2O3S/c1-17(2)19-6-10-21(11-7-19)25-26(22-12-8-20(9-13-22)18(3)4)30-27(29-25)34-16-23-14-28(5,32)15-24(31)33-23/h6-13,17-18,23,32H,14-16H2,1-5H3,(H,29,30). The molecule has 0 spiro atoms. The van der Waals surface area contributed by atoms with Gasteiger partial charge < -0.3 is 14.8 Å². The number of aliphatic hydroxyl groups is 1. The average Bonchev–Trinajstić information content (AvgIpc) is 3.21. The molecule has 2 unspecified atom stereocenters. The Morgan fingerprint density at radius 3 is 2.12 bits per heavy atom. The second-order valence-corrected chi connectivity index (χ2v) is 11.1. The van der Waals surface area contributed by atoms with Crippen LogP contribution in [-0.2, 0) is 9.53 Å². The summed E-state index contributed by atoms with van der Waals surface area (Å²) in [6.07, 6.45) is 0.135. The minimum atomic E-state index is -1.02. The first-order valence-electron chi connectivity index (χ1n) is 12.0. The van der Waals surface area contributed by atoms with Gasteiger partial charge >= 0.3 is 5.97 Å². The maximum atomic E-state index is 11.9. The number of nitrogens with one attached hydrogen (secondary N) is 1. The zero-order chi connectivity index (χ0) is 24.5. The van der Waals surface area contributed by atoms with E-state index >= 15 is 0 Å². The van der Waals surface area contributed by atoms with E-state index < -0.39 is 5.60 Å². The van der Waals surface area contributed by atoms with Crippen LogP contribution in [-0.4, -0.2) is 38.5 Å². The van der Waals surface area contributed by atoms with Crippen LogP contribution in [0, 0.1) is 0 Å². The van der Waals surface area contributed by atoms with Crippen molar-refractivity contribution in [1.29, 1.82) is 0 Å². The van der Waals surface area contributed by atoms with E-state index in [4.69, 9.17) is 9.72 Å². The number of aromatic amines is 1. The highest BCUT2D eigenvalue weighted by Crippen LogP contribution is 2.35. The van der Waals surface area contributed by atoms with Crippen molar-refractivity contribution in [3.05, 3.63) is 59.7 Å². The van der Waals surface area contributed by atoms with Crippen LogP contribution in [0.25, 0.3) is 22.5 Å². The molecule has 0 amide bonds. The third-order valence-electron chi connectivity index (χ3n) is 6.30. The molecule has 2 atom stereocenters. The van der Waals surface area contributed by atoms with E-state index in [0.29, 0.717) is 24.0 Å². The summed E-state index contributed by atoms with van der Waals surface area (Å²) in [6.45, 7) is 10.5. The molecule has 1 saturated heterocycles. The first kappa shape index (κ1) is 24.6. The molecule has 34 heavy (non-hydrogen) atoms. The summed E-state index contributed by atoms with van der Waals surface area (Å²) in [5.41, 5.74) is 5.59. The fourth-order valence-corrected chi connectivity index (χ4v) is 5.17. The number of cyclic esters (lactones) is 1. The van der Waals surface area contributed by atoms with E-state index in [1.807, 2.05) is 0 Å². The average molecular weight is 479 g/mol. The van der Waals surface area contributed by atoms with E-state index in [9.17, 15) is 9.90 Å². The van der Waals surface area contributed by atoms with Crippen LogP contribution >= 0.6 is 11.8 Å². The summed E-state index contributed by atoms with van der Waals surface area (Å²) in [5, 5.41) is 11.1. The Kier molecular flexibility index (Phi) is 7.20. The first-order chi connectivity index (χ1) is 16.1. The lowest BCUT2D eigenvalue weighted by molar-refractivity contribution is -0.165. The summed E-state index contributed by atoms with van der Waals surface area (Å²) in [7, 11) is 0. The van der Waals surface area contributed by atoms with Gasteiger partial charge in [0, 0.05) is 23.3 Å². The molecule has 2 heterocycles. The molecule has 1 fully saturated rings. The normalized spacial score (nSPS) is 20.7. The molecule has 4 rings (SSSR count). The minimum Gasteiger partial charge on any atom is -0.461 e. The van der Waals surface area contributed by atoms with E-state index in [1.54, 1.807) is 6.92 Å². The van der Waals surface area contributed by atoms with Gasteiger partial charge in [-0.25, -0.2) is 4.98 Å². The van der Waals surface area contributed by atoms with Crippen LogP contribution in [0.1, 0.15) is 70.4 Å². The number of aromatic nitrogens is 2. The van der Waals surface area contributed by atoms with Crippen LogP contribution in [0.4, 0.5) is 0 Å². The fourth-order valence-electron chi connectivity index (χ4n) is 4.31. The van der Waals surface area contributed by atoms with Crippen LogP contribution < -0.4 is 0 Å². The largest absolute Gasteiger partial charge is 0.461 e. The van der Waals surface area contributed by atoms with Gasteiger partial charge in [-0.15, -0.1) is 0 Å². The van der Waals surface area contributed by atoms with Crippen LogP contribution in [0.5, 0.6) is 0 Å². The highest BCUT2D eigenvalue weighted by Gasteiger charge is 2.36. The van der Waals surface area contributed by atoms with Crippen LogP contribution in [0.15, 0.2) is 53.7 Å². The Labute approximate surface area is 206 Å². The number of H-pyrrole nitrogens is 1. The summed E-state index contributed by atoms with van der Waals surface area (Å²) >= 11 is 1.52. The number of benzene rings is 2. The third kappa shape index (κ3) is 5.73. The molecular formula is C28H34N2O3S. The Bertz CT molecular complexity index is 1060. The van der Waals surface area contributed by atoms with Crippen molar-refractivity contribution in [2.24, 2.45) is 0 Å². The summed E-state index contributed by atoms with van der Waals surface area (Å²) < 4.78 is 5.46. The van der Waals surface area contributed by atoms with E-state index in [2.05, 4.69) is 81.2 Å². The van der Waals surface area contributed by atoms with Crippen molar-refractivity contribution < 1.29 is 14.6 Å². The summed E-state index contributed by atoms with van der Waals surface area (Å²) in [4.78, 5) is 20.3. The number of imidazole rings is 1. The lowest BCUT2D eigenvalue weighted by Gasteiger charge is -2.32. The number of thioether (sulfide) groups is 1. The van der Waals surface area contributed by atoms with Crippen molar-refractivity contribution in [3.63, 3.8) is 0 Å². The van der Waals surface area contributed by atoms with Crippen molar-refractivity contribution in [2.45, 2.75) is 76.2 Å². The van der Waals surface area contributed by atoms with Crippen molar-refractivity contribution >= 4 is 17.7 Å². The van der Waals surface area contributed by atoms with Crippen LogP contribution in [0.2, 0.25) is 0 Å².